The second kappa shape index (κ2) is 6.23. The number of benzene rings is 2. The lowest BCUT2D eigenvalue weighted by Gasteiger charge is -2.09. The summed E-state index contributed by atoms with van der Waals surface area (Å²) in [5.41, 5.74) is 6.80. The Balaban J connectivity index is 2.33. The first-order valence-electron chi connectivity index (χ1n) is 5.68. The van der Waals surface area contributed by atoms with E-state index >= 15 is 0 Å². The Bertz CT molecular complexity index is 746. The van der Waals surface area contributed by atoms with Gasteiger partial charge in [-0.2, -0.15) is 5.26 Å². The van der Waals surface area contributed by atoms with Gasteiger partial charge in [-0.25, -0.2) is 0 Å². The minimum absolute atomic E-state index is 0.179. The minimum atomic E-state index is -0.461. The molecule has 0 fully saturated rings. The molecule has 0 saturated carbocycles. The summed E-state index contributed by atoms with van der Waals surface area (Å²) in [6.07, 6.45) is 0. The van der Waals surface area contributed by atoms with Gasteiger partial charge >= 0.3 is 0 Å². The zero-order chi connectivity index (χ0) is 15.6. The summed E-state index contributed by atoms with van der Waals surface area (Å²) in [7, 11) is 0. The Hall–Kier alpha value is -1.93. The molecule has 0 aliphatic rings. The van der Waals surface area contributed by atoms with E-state index in [2.05, 4.69) is 5.32 Å². The molecule has 0 spiro atoms. The van der Waals surface area contributed by atoms with Gasteiger partial charge in [-0.15, -0.1) is 0 Å². The van der Waals surface area contributed by atoms with Gasteiger partial charge in [0.15, 0.2) is 0 Å². The summed E-state index contributed by atoms with van der Waals surface area (Å²) < 4.78 is 0. The molecule has 0 aliphatic carbocycles. The first kappa shape index (κ1) is 15.5. The van der Waals surface area contributed by atoms with E-state index in [1.807, 2.05) is 6.07 Å². The van der Waals surface area contributed by atoms with Gasteiger partial charge in [0.05, 0.1) is 38.1 Å². The molecule has 0 saturated heterocycles. The number of carbonyl (C=O) groups excluding carboxylic acids is 1. The van der Waals surface area contributed by atoms with Crippen LogP contribution in [0, 0.1) is 11.3 Å². The number of halogens is 3. The second-order valence-electron chi connectivity index (χ2n) is 4.12. The summed E-state index contributed by atoms with van der Waals surface area (Å²) in [6, 6.07) is 9.32. The number of anilines is 2. The molecule has 7 heteroatoms. The van der Waals surface area contributed by atoms with Crippen molar-refractivity contribution in [2.75, 3.05) is 11.1 Å². The maximum absolute atomic E-state index is 12.2. The van der Waals surface area contributed by atoms with Crippen molar-refractivity contribution in [1.29, 1.82) is 5.26 Å². The molecule has 0 radical (unpaired) electrons. The van der Waals surface area contributed by atoms with Gasteiger partial charge in [0.2, 0.25) is 0 Å². The highest BCUT2D eigenvalue weighted by Gasteiger charge is 2.13. The normalized spacial score (nSPS) is 10.0. The van der Waals surface area contributed by atoms with E-state index in [0.29, 0.717) is 16.3 Å². The fourth-order valence-corrected chi connectivity index (χ4v) is 2.13. The van der Waals surface area contributed by atoms with Crippen molar-refractivity contribution in [2.24, 2.45) is 0 Å². The van der Waals surface area contributed by atoms with Crippen LogP contribution in [0.1, 0.15) is 15.9 Å². The number of nitrogens with one attached hydrogen (secondary N) is 1. The largest absolute Gasteiger partial charge is 0.397 e. The maximum Gasteiger partial charge on any atom is 0.255 e. The fourth-order valence-electron chi connectivity index (χ4n) is 1.63. The number of carbonyl (C=O) groups is 1. The fraction of sp³-hybridized carbons (Fsp3) is 0. The van der Waals surface area contributed by atoms with Crippen LogP contribution < -0.4 is 11.1 Å². The first-order valence-corrected chi connectivity index (χ1v) is 6.81. The lowest BCUT2D eigenvalue weighted by atomic mass is 10.1. The van der Waals surface area contributed by atoms with Gasteiger partial charge in [0, 0.05) is 5.56 Å². The lowest BCUT2D eigenvalue weighted by Crippen LogP contribution is -2.13. The molecule has 4 nitrogen and oxygen atoms in total. The third kappa shape index (κ3) is 3.40. The predicted octanol–water partition coefficient (Wildman–Crippen LogP) is 4.35. The third-order valence-corrected chi connectivity index (χ3v) is 3.81. The molecule has 0 atom stereocenters. The minimum Gasteiger partial charge on any atom is -0.397 e. The molecule has 0 heterocycles. The highest BCUT2D eigenvalue weighted by atomic mass is 35.5. The molecule has 106 valence electrons. The van der Waals surface area contributed by atoms with Crippen molar-refractivity contribution in [3.63, 3.8) is 0 Å². The van der Waals surface area contributed by atoms with Crippen LogP contribution in [0.5, 0.6) is 0 Å². The Morgan fingerprint density at radius 1 is 1.14 bits per heavy atom. The Labute approximate surface area is 136 Å². The number of hydrogen-bond acceptors (Lipinski definition) is 3. The molecular weight excluding hydrogens is 333 g/mol. The number of nitriles is 1. The molecule has 2 rings (SSSR count). The van der Waals surface area contributed by atoms with Crippen molar-refractivity contribution in [3.8, 4) is 6.07 Å². The van der Waals surface area contributed by atoms with Crippen LogP contribution >= 0.6 is 34.8 Å². The molecule has 21 heavy (non-hydrogen) atoms. The van der Waals surface area contributed by atoms with Crippen LogP contribution in [0.25, 0.3) is 0 Å². The highest BCUT2D eigenvalue weighted by molar-refractivity contribution is 6.44. The standard InChI is InChI=1S/C14H8Cl3N3O/c15-9-2-1-7(6-18)3-12(9)20-14(21)8-4-10(16)13(17)11(19)5-8/h1-5H,19H2,(H,20,21). The van der Waals surface area contributed by atoms with Crippen LogP contribution in [-0.4, -0.2) is 5.91 Å². The van der Waals surface area contributed by atoms with E-state index in [1.165, 1.54) is 24.3 Å². The highest BCUT2D eigenvalue weighted by Crippen LogP contribution is 2.30. The molecule has 0 aliphatic heterocycles. The van der Waals surface area contributed by atoms with E-state index in [-0.39, 0.29) is 21.3 Å². The number of amides is 1. The van der Waals surface area contributed by atoms with E-state index in [1.54, 1.807) is 6.07 Å². The maximum atomic E-state index is 12.2. The second-order valence-corrected chi connectivity index (χ2v) is 5.31. The summed E-state index contributed by atoms with van der Waals surface area (Å²) >= 11 is 17.7. The van der Waals surface area contributed by atoms with E-state index < -0.39 is 5.91 Å². The zero-order valence-electron chi connectivity index (χ0n) is 10.5. The van der Waals surface area contributed by atoms with E-state index in [4.69, 9.17) is 45.8 Å². The van der Waals surface area contributed by atoms with E-state index in [0.717, 1.165) is 0 Å². The average molecular weight is 341 g/mol. The Morgan fingerprint density at radius 3 is 2.48 bits per heavy atom. The van der Waals surface area contributed by atoms with Gasteiger partial charge in [0.1, 0.15) is 0 Å². The van der Waals surface area contributed by atoms with Crippen LogP contribution in [0.3, 0.4) is 0 Å². The van der Waals surface area contributed by atoms with Crippen molar-refractivity contribution >= 4 is 52.1 Å². The van der Waals surface area contributed by atoms with Crippen LogP contribution in [-0.2, 0) is 0 Å². The van der Waals surface area contributed by atoms with Crippen molar-refractivity contribution in [2.45, 2.75) is 0 Å². The molecule has 1 amide bonds. The Morgan fingerprint density at radius 2 is 1.86 bits per heavy atom. The Kier molecular flexibility index (Phi) is 4.59. The zero-order valence-corrected chi connectivity index (χ0v) is 12.7. The predicted molar refractivity (Wildman–Crippen MR) is 85.0 cm³/mol. The lowest BCUT2D eigenvalue weighted by molar-refractivity contribution is 0.102. The average Bonchev–Trinajstić information content (AvgIpc) is 2.46. The van der Waals surface area contributed by atoms with Gasteiger partial charge in [-0.3, -0.25) is 4.79 Å². The number of rotatable bonds is 2. The number of hydrogen-bond donors (Lipinski definition) is 2. The van der Waals surface area contributed by atoms with Gasteiger partial charge in [0.25, 0.3) is 5.91 Å². The smallest absolute Gasteiger partial charge is 0.255 e. The first-order chi connectivity index (χ1) is 9.92. The summed E-state index contributed by atoms with van der Waals surface area (Å²) in [4.78, 5) is 12.2. The summed E-state index contributed by atoms with van der Waals surface area (Å²) in [6.45, 7) is 0. The SMILES string of the molecule is N#Cc1ccc(Cl)c(NC(=O)c2cc(N)c(Cl)c(Cl)c2)c1. The van der Waals surface area contributed by atoms with Crippen molar-refractivity contribution < 1.29 is 4.79 Å². The van der Waals surface area contributed by atoms with Crippen LogP contribution in [0.15, 0.2) is 30.3 Å². The van der Waals surface area contributed by atoms with E-state index in [9.17, 15) is 4.79 Å². The monoisotopic (exact) mass is 339 g/mol. The molecule has 2 aromatic rings. The summed E-state index contributed by atoms with van der Waals surface area (Å²) in [5, 5.41) is 12.1. The van der Waals surface area contributed by atoms with Crippen LogP contribution in [0.4, 0.5) is 11.4 Å². The molecule has 3 N–H and O–H groups in total. The van der Waals surface area contributed by atoms with Crippen LogP contribution in [0.2, 0.25) is 15.1 Å². The van der Waals surface area contributed by atoms with Crippen molar-refractivity contribution in [3.05, 3.63) is 56.5 Å². The van der Waals surface area contributed by atoms with Gasteiger partial charge < -0.3 is 11.1 Å². The quantitative estimate of drug-likeness (QED) is 0.797. The number of nitrogen functional groups attached to an aromatic ring is 1. The molecule has 0 bridgehead atoms. The molecule has 0 aromatic heterocycles. The number of nitrogens with two attached hydrogens (primary N) is 1. The molecule has 0 unspecified atom stereocenters. The number of nitrogens with zero attached hydrogens (tertiary/aromatic N) is 1. The third-order valence-electron chi connectivity index (χ3n) is 2.66. The molecular formula is C14H8Cl3N3O. The molecule has 2 aromatic carbocycles. The van der Waals surface area contributed by atoms with Crippen molar-refractivity contribution in [1.82, 2.24) is 0 Å². The summed E-state index contributed by atoms with van der Waals surface area (Å²) in [5.74, 6) is -0.461. The van der Waals surface area contributed by atoms with Gasteiger partial charge in [-0.05, 0) is 30.3 Å². The van der Waals surface area contributed by atoms with Gasteiger partial charge in [-0.1, -0.05) is 34.8 Å². The topological polar surface area (TPSA) is 78.9 Å².